The molecule has 23 heavy (non-hydrogen) atoms. The lowest BCUT2D eigenvalue weighted by Crippen LogP contribution is -2.38. The van der Waals surface area contributed by atoms with Gasteiger partial charge in [-0.2, -0.15) is 0 Å². The average Bonchev–Trinajstić information content (AvgIpc) is 2.62. The first-order valence-corrected chi connectivity index (χ1v) is 7.59. The molecule has 0 saturated carbocycles. The Morgan fingerprint density at radius 1 is 1.26 bits per heavy atom. The largest absolute Gasteiger partial charge is 0.468 e. The van der Waals surface area contributed by atoms with E-state index in [0.29, 0.717) is 19.3 Å². The van der Waals surface area contributed by atoms with Gasteiger partial charge in [-0.05, 0) is 42.0 Å². The van der Waals surface area contributed by atoms with Crippen LogP contribution < -0.4 is 0 Å². The van der Waals surface area contributed by atoms with Crippen LogP contribution in [0.15, 0.2) is 54.9 Å². The molecule has 1 aliphatic carbocycles. The van der Waals surface area contributed by atoms with Crippen LogP contribution in [0.2, 0.25) is 0 Å². The molecule has 0 radical (unpaired) electrons. The second-order valence-electron chi connectivity index (χ2n) is 5.77. The predicted molar refractivity (Wildman–Crippen MR) is 86.2 cm³/mol. The van der Waals surface area contributed by atoms with E-state index < -0.39 is 5.41 Å². The van der Waals surface area contributed by atoms with Gasteiger partial charge in [0.2, 0.25) is 0 Å². The smallest absolute Gasteiger partial charge is 0.316 e. The van der Waals surface area contributed by atoms with Crippen molar-refractivity contribution < 1.29 is 13.9 Å². The molecule has 1 aliphatic rings. The third-order valence-corrected chi connectivity index (χ3v) is 4.50. The molecule has 3 nitrogen and oxygen atoms in total. The number of carbonyl (C=O) groups excluding carboxylic acids is 1. The molecule has 0 spiro atoms. The number of rotatable bonds is 3. The van der Waals surface area contributed by atoms with E-state index in [0.717, 1.165) is 16.7 Å². The van der Waals surface area contributed by atoms with Gasteiger partial charge < -0.3 is 4.74 Å². The van der Waals surface area contributed by atoms with Crippen LogP contribution >= 0.6 is 0 Å². The number of nitrogens with zero attached hydrogens (tertiary/aromatic N) is 1. The molecule has 1 unspecified atom stereocenters. The first kappa shape index (κ1) is 15.4. The van der Waals surface area contributed by atoms with Gasteiger partial charge in [-0.15, -0.1) is 0 Å². The summed E-state index contributed by atoms with van der Waals surface area (Å²) in [5.41, 5.74) is 2.09. The van der Waals surface area contributed by atoms with Gasteiger partial charge in [0, 0.05) is 6.20 Å². The predicted octanol–water partition coefficient (Wildman–Crippen LogP) is 3.90. The number of methoxy groups -OCH3 is 1. The number of esters is 1. The number of hydrogen-bond acceptors (Lipinski definition) is 3. The van der Waals surface area contributed by atoms with Crippen molar-refractivity contribution in [3.63, 3.8) is 0 Å². The molecule has 0 bridgehead atoms. The molecule has 0 fully saturated rings. The summed E-state index contributed by atoms with van der Waals surface area (Å²) in [6.07, 6.45) is 6.69. The average molecular weight is 311 g/mol. The third-order valence-electron chi connectivity index (χ3n) is 4.50. The lowest BCUT2D eigenvalue weighted by Gasteiger charge is -2.34. The first-order chi connectivity index (χ1) is 11.2. The van der Waals surface area contributed by atoms with Crippen molar-refractivity contribution in [2.45, 2.75) is 24.7 Å². The summed E-state index contributed by atoms with van der Waals surface area (Å²) in [6.45, 7) is 0. The number of allylic oxidation sites excluding steroid dienone is 2. The molecular weight excluding hydrogens is 293 g/mol. The highest BCUT2D eigenvalue weighted by atomic mass is 19.1. The Labute approximate surface area is 134 Å². The number of ether oxygens (including phenoxy) is 1. The first-order valence-electron chi connectivity index (χ1n) is 7.59. The summed E-state index contributed by atoms with van der Waals surface area (Å²) in [5, 5.41) is 0. The van der Waals surface area contributed by atoms with Crippen LogP contribution in [-0.2, 0) is 14.9 Å². The molecule has 1 atom stereocenters. The SMILES string of the molecule is COC(=O)C1(c2ccccc2)CC=C(c2cncc(F)c2)CC1. The molecule has 118 valence electrons. The summed E-state index contributed by atoms with van der Waals surface area (Å²) in [7, 11) is 1.42. The Balaban J connectivity index is 1.95. The van der Waals surface area contributed by atoms with E-state index in [1.54, 1.807) is 6.20 Å². The molecule has 0 N–H and O–H groups in total. The topological polar surface area (TPSA) is 39.2 Å². The van der Waals surface area contributed by atoms with Crippen LogP contribution in [0.25, 0.3) is 5.57 Å². The fraction of sp³-hybridized carbons (Fsp3) is 0.263. The lowest BCUT2D eigenvalue weighted by atomic mass is 9.69. The van der Waals surface area contributed by atoms with Crippen LogP contribution in [0.5, 0.6) is 0 Å². The summed E-state index contributed by atoms with van der Waals surface area (Å²) in [5.74, 6) is -0.576. The highest BCUT2D eigenvalue weighted by Crippen LogP contribution is 2.42. The van der Waals surface area contributed by atoms with Gasteiger partial charge in [0.25, 0.3) is 0 Å². The Bertz CT molecular complexity index is 742. The monoisotopic (exact) mass is 311 g/mol. The van der Waals surface area contributed by atoms with E-state index in [9.17, 15) is 9.18 Å². The summed E-state index contributed by atoms with van der Waals surface area (Å²) in [6, 6.07) is 11.2. The second kappa shape index (κ2) is 6.32. The third kappa shape index (κ3) is 2.89. The molecule has 3 rings (SSSR count). The fourth-order valence-electron chi connectivity index (χ4n) is 3.22. The Morgan fingerprint density at radius 3 is 2.65 bits per heavy atom. The van der Waals surface area contributed by atoms with Gasteiger partial charge in [-0.25, -0.2) is 4.39 Å². The normalized spacial score (nSPS) is 20.7. The van der Waals surface area contributed by atoms with Crippen molar-refractivity contribution in [2.24, 2.45) is 0 Å². The second-order valence-corrected chi connectivity index (χ2v) is 5.77. The van der Waals surface area contributed by atoms with Crippen LogP contribution in [0.4, 0.5) is 4.39 Å². The number of pyridine rings is 1. The van der Waals surface area contributed by atoms with E-state index >= 15 is 0 Å². The minimum Gasteiger partial charge on any atom is -0.468 e. The minimum absolute atomic E-state index is 0.226. The molecule has 4 heteroatoms. The maximum absolute atomic E-state index is 13.4. The summed E-state index contributed by atoms with van der Waals surface area (Å²) < 4.78 is 18.4. The van der Waals surface area contributed by atoms with Crippen LogP contribution in [0, 0.1) is 5.82 Å². The van der Waals surface area contributed by atoms with Crippen molar-refractivity contribution in [1.29, 1.82) is 0 Å². The maximum Gasteiger partial charge on any atom is 0.316 e. The molecule has 0 aliphatic heterocycles. The van der Waals surface area contributed by atoms with E-state index in [-0.39, 0.29) is 11.8 Å². The molecule has 1 aromatic carbocycles. The van der Waals surface area contributed by atoms with Crippen molar-refractivity contribution in [3.05, 3.63) is 71.8 Å². The number of carbonyl (C=O) groups is 1. The zero-order valence-corrected chi connectivity index (χ0v) is 13.0. The van der Waals surface area contributed by atoms with E-state index in [1.807, 2.05) is 36.4 Å². The van der Waals surface area contributed by atoms with E-state index in [4.69, 9.17) is 4.74 Å². The highest BCUT2D eigenvalue weighted by molar-refractivity contribution is 5.85. The van der Waals surface area contributed by atoms with Gasteiger partial charge in [-0.1, -0.05) is 36.4 Å². The Hall–Kier alpha value is -2.49. The molecule has 0 saturated heterocycles. The summed E-state index contributed by atoms with van der Waals surface area (Å²) >= 11 is 0. The standard InChI is InChI=1S/C19H18FNO2/c1-23-18(22)19(16-5-3-2-4-6-16)9-7-14(8-10-19)15-11-17(20)13-21-12-15/h2-7,11-13H,8-10H2,1H3. The number of hydrogen-bond donors (Lipinski definition) is 0. The zero-order valence-electron chi connectivity index (χ0n) is 13.0. The van der Waals surface area contributed by atoms with Crippen LogP contribution in [0.1, 0.15) is 30.4 Å². The van der Waals surface area contributed by atoms with Crippen LogP contribution in [-0.4, -0.2) is 18.1 Å². The van der Waals surface area contributed by atoms with Gasteiger partial charge >= 0.3 is 5.97 Å². The lowest BCUT2D eigenvalue weighted by molar-refractivity contribution is -0.148. The van der Waals surface area contributed by atoms with Gasteiger partial charge in [0.15, 0.2) is 0 Å². The van der Waals surface area contributed by atoms with Gasteiger partial charge in [-0.3, -0.25) is 9.78 Å². The summed E-state index contributed by atoms with van der Waals surface area (Å²) in [4.78, 5) is 16.4. The van der Waals surface area contributed by atoms with Crippen molar-refractivity contribution in [2.75, 3.05) is 7.11 Å². The Morgan fingerprint density at radius 2 is 2.04 bits per heavy atom. The van der Waals surface area contributed by atoms with Crippen molar-refractivity contribution in [3.8, 4) is 0 Å². The fourth-order valence-corrected chi connectivity index (χ4v) is 3.22. The molecule has 1 aromatic heterocycles. The highest BCUT2D eigenvalue weighted by Gasteiger charge is 2.42. The van der Waals surface area contributed by atoms with Crippen molar-refractivity contribution >= 4 is 11.5 Å². The number of halogens is 1. The van der Waals surface area contributed by atoms with Gasteiger partial charge in [0.05, 0.1) is 18.7 Å². The zero-order chi connectivity index (χ0) is 16.3. The van der Waals surface area contributed by atoms with E-state index in [1.165, 1.54) is 19.4 Å². The molecular formula is C19H18FNO2. The minimum atomic E-state index is -0.666. The van der Waals surface area contributed by atoms with Crippen molar-refractivity contribution in [1.82, 2.24) is 4.98 Å². The van der Waals surface area contributed by atoms with E-state index in [2.05, 4.69) is 4.98 Å². The van der Waals surface area contributed by atoms with Gasteiger partial charge in [0.1, 0.15) is 5.82 Å². The molecule has 1 heterocycles. The Kier molecular flexibility index (Phi) is 4.24. The number of aromatic nitrogens is 1. The quantitative estimate of drug-likeness (QED) is 0.807. The molecule has 0 amide bonds. The number of benzene rings is 1. The molecule has 2 aromatic rings. The van der Waals surface area contributed by atoms with Crippen LogP contribution in [0.3, 0.4) is 0 Å². The maximum atomic E-state index is 13.4.